The average molecular weight is 459 g/mol. The summed E-state index contributed by atoms with van der Waals surface area (Å²) >= 11 is 6.81. The first kappa shape index (κ1) is 22.7. The predicted octanol–water partition coefficient (Wildman–Crippen LogP) is 5.36. The van der Waals surface area contributed by atoms with Crippen LogP contribution in [0, 0.1) is 11.8 Å². The van der Waals surface area contributed by atoms with Crippen molar-refractivity contribution in [2.75, 3.05) is 29.1 Å². The molecule has 2 heterocycles. The van der Waals surface area contributed by atoms with Crippen molar-refractivity contribution in [2.24, 2.45) is 11.8 Å². The van der Waals surface area contributed by atoms with Crippen LogP contribution < -0.4 is 10.2 Å². The van der Waals surface area contributed by atoms with Gasteiger partial charge < -0.3 is 10.2 Å². The minimum Gasteiger partial charge on any atom is -0.356 e. The van der Waals surface area contributed by atoms with Gasteiger partial charge >= 0.3 is 6.18 Å². The number of hydrogen-bond donors (Lipinski definition) is 1. The fraction of sp³-hybridized carbons (Fsp3) is 0.450. The minimum absolute atomic E-state index is 0.0513. The Balaban J connectivity index is 1.63. The number of carbonyl (C=O) groups is 1. The minimum atomic E-state index is -4.62. The molecular formula is C20H22ClF3N4OS. The second kappa shape index (κ2) is 9.43. The summed E-state index contributed by atoms with van der Waals surface area (Å²) in [6.45, 7) is 6.22. The molecule has 1 N–H and O–H groups in total. The van der Waals surface area contributed by atoms with Crippen molar-refractivity contribution >= 4 is 40.8 Å². The third kappa shape index (κ3) is 6.01. The molecule has 0 spiro atoms. The van der Waals surface area contributed by atoms with Gasteiger partial charge in [0, 0.05) is 24.2 Å². The van der Waals surface area contributed by atoms with Gasteiger partial charge in [0.15, 0.2) is 0 Å². The predicted molar refractivity (Wildman–Crippen MR) is 113 cm³/mol. The monoisotopic (exact) mass is 458 g/mol. The Kier molecular flexibility index (Phi) is 7.13. The van der Waals surface area contributed by atoms with E-state index in [0.29, 0.717) is 16.9 Å². The van der Waals surface area contributed by atoms with Crippen LogP contribution in [0.1, 0.15) is 25.8 Å². The molecule has 0 aliphatic carbocycles. The van der Waals surface area contributed by atoms with Crippen LogP contribution in [-0.2, 0) is 11.0 Å². The van der Waals surface area contributed by atoms with E-state index < -0.39 is 17.6 Å². The van der Waals surface area contributed by atoms with Crippen LogP contribution in [0.15, 0.2) is 35.6 Å². The third-order valence-corrected chi connectivity index (χ3v) is 5.89. The summed E-state index contributed by atoms with van der Waals surface area (Å²) in [5, 5.41) is 2.85. The smallest absolute Gasteiger partial charge is 0.356 e. The van der Waals surface area contributed by atoms with Gasteiger partial charge in [-0.1, -0.05) is 37.2 Å². The number of nitrogens with zero attached hydrogens (tertiary/aromatic N) is 3. The summed E-state index contributed by atoms with van der Waals surface area (Å²) < 4.78 is 39.5. The molecule has 2 aromatic rings. The van der Waals surface area contributed by atoms with E-state index >= 15 is 0 Å². The van der Waals surface area contributed by atoms with Crippen LogP contribution in [0.3, 0.4) is 0 Å². The number of amides is 1. The Morgan fingerprint density at radius 1 is 1.23 bits per heavy atom. The summed E-state index contributed by atoms with van der Waals surface area (Å²) in [4.78, 5) is 22.9. The summed E-state index contributed by atoms with van der Waals surface area (Å²) in [5.74, 6) is 1.28. The van der Waals surface area contributed by atoms with Crippen LogP contribution in [0.2, 0.25) is 5.02 Å². The lowest BCUT2D eigenvalue weighted by Crippen LogP contribution is -2.39. The Bertz CT molecular complexity index is 902. The molecule has 1 aliphatic rings. The van der Waals surface area contributed by atoms with E-state index in [-0.39, 0.29) is 16.5 Å². The Hall–Kier alpha value is -2.00. The van der Waals surface area contributed by atoms with Crippen molar-refractivity contribution < 1.29 is 18.0 Å². The van der Waals surface area contributed by atoms with Gasteiger partial charge in [-0.2, -0.15) is 13.2 Å². The molecule has 2 unspecified atom stereocenters. The number of alkyl halides is 3. The van der Waals surface area contributed by atoms with Crippen molar-refractivity contribution in [3.05, 3.63) is 41.2 Å². The molecule has 1 aliphatic heterocycles. The molecule has 1 saturated heterocycles. The van der Waals surface area contributed by atoms with Crippen LogP contribution in [0.25, 0.3) is 0 Å². The quantitative estimate of drug-likeness (QED) is 0.482. The molecule has 1 aromatic carbocycles. The number of benzene rings is 1. The standard InChI is InChI=1S/C20H22ClF3N4OS/c1-12-5-13(2)9-28(8-12)17-7-19(26-11-25-17)30-10-18(29)27-16-4-3-14(21)6-15(16)20(22,23)24/h3-4,6-7,11-13H,5,8-10H2,1-2H3,(H,27,29). The number of nitrogens with one attached hydrogen (secondary N) is 1. The number of thioether (sulfide) groups is 1. The van der Waals surface area contributed by atoms with Crippen molar-refractivity contribution in [1.29, 1.82) is 0 Å². The lowest BCUT2D eigenvalue weighted by molar-refractivity contribution is -0.137. The van der Waals surface area contributed by atoms with Crippen molar-refractivity contribution in [1.82, 2.24) is 9.97 Å². The molecule has 10 heteroatoms. The second-order valence-electron chi connectivity index (χ2n) is 7.59. The number of piperidine rings is 1. The van der Waals surface area contributed by atoms with E-state index in [0.717, 1.165) is 42.8 Å². The lowest BCUT2D eigenvalue weighted by Gasteiger charge is -2.35. The van der Waals surface area contributed by atoms with Gasteiger partial charge in [0.2, 0.25) is 5.91 Å². The second-order valence-corrected chi connectivity index (χ2v) is 9.02. The van der Waals surface area contributed by atoms with Gasteiger partial charge in [-0.15, -0.1) is 0 Å². The number of carbonyl (C=O) groups excluding carboxylic acids is 1. The first-order valence-corrected chi connectivity index (χ1v) is 10.8. The summed E-state index contributed by atoms with van der Waals surface area (Å²) in [7, 11) is 0. The molecule has 30 heavy (non-hydrogen) atoms. The molecule has 5 nitrogen and oxygen atoms in total. The molecule has 1 aromatic heterocycles. The summed E-state index contributed by atoms with van der Waals surface area (Å²) in [6, 6.07) is 5.06. The summed E-state index contributed by atoms with van der Waals surface area (Å²) in [6.07, 6.45) is -2.00. The fourth-order valence-corrected chi connectivity index (χ4v) is 4.45. The van der Waals surface area contributed by atoms with E-state index in [1.54, 1.807) is 0 Å². The fourth-order valence-electron chi connectivity index (χ4n) is 3.62. The van der Waals surface area contributed by atoms with Gasteiger partial charge in [0.1, 0.15) is 17.2 Å². The number of rotatable bonds is 5. The average Bonchev–Trinajstić information content (AvgIpc) is 2.66. The highest BCUT2D eigenvalue weighted by molar-refractivity contribution is 7.99. The topological polar surface area (TPSA) is 58.1 Å². The molecule has 1 amide bonds. The highest BCUT2D eigenvalue weighted by Gasteiger charge is 2.34. The molecule has 3 rings (SSSR count). The van der Waals surface area contributed by atoms with Gasteiger partial charge in [0.05, 0.1) is 17.0 Å². The molecular weight excluding hydrogens is 437 g/mol. The molecule has 2 atom stereocenters. The molecule has 0 saturated carbocycles. The van der Waals surface area contributed by atoms with E-state index in [1.807, 2.05) is 6.07 Å². The maximum absolute atomic E-state index is 13.2. The SMILES string of the molecule is CC1CC(C)CN(c2cc(SCC(=O)Nc3ccc(Cl)cc3C(F)(F)F)ncn2)C1. The Labute approximate surface area is 182 Å². The van der Waals surface area contributed by atoms with E-state index in [1.165, 1.54) is 18.8 Å². The summed E-state index contributed by atoms with van der Waals surface area (Å²) in [5.41, 5.74) is -1.30. The maximum atomic E-state index is 13.2. The van der Waals surface area contributed by atoms with E-state index in [4.69, 9.17) is 11.6 Å². The Morgan fingerprint density at radius 2 is 1.93 bits per heavy atom. The first-order valence-electron chi connectivity index (χ1n) is 9.48. The van der Waals surface area contributed by atoms with Gasteiger partial charge in [-0.25, -0.2) is 9.97 Å². The van der Waals surface area contributed by atoms with Crippen LogP contribution in [-0.4, -0.2) is 34.7 Å². The largest absolute Gasteiger partial charge is 0.418 e. The Morgan fingerprint density at radius 3 is 2.60 bits per heavy atom. The highest BCUT2D eigenvalue weighted by atomic mass is 35.5. The zero-order valence-corrected chi connectivity index (χ0v) is 18.1. The number of aromatic nitrogens is 2. The highest BCUT2D eigenvalue weighted by Crippen LogP contribution is 2.36. The molecule has 0 radical (unpaired) electrons. The maximum Gasteiger partial charge on any atom is 0.418 e. The van der Waals surface area contributed by atoms with E-state index in [2.05, 4.69) is 34.0 Å². The van der Waals surface area contributed by atoms with Crippen molar-refractivity contribution in [2.45, 2.75) is 31.5 Å². The van der Waals surface area contributed by atoms with Crippen LogP contribution in [0.4, 0.5) is 24.7 Å². The zero-order chi connectivity index (χ0) is 21.9. The normalized spacial score (nSPS) is 19.6. The lowest BCUT2D eigenvalue weighted by atomic mass is 9.92. The van der Waals surface area contributed by atoms with Gasteiger partial charge in [0.25, 0.3) is 0 Å². The van der Waals surface area contributed by atoms with Gasteiger partial charge in [-0.05, 0) is 36.5 Å². The third-order valence-electron chi connectivity index (χ3n) is 4.73. The zero-order valence-electron chi connectivity index (χ0n) is 16.5. The molecule has 162 valence electrons. The van der Waals surface area contributed by atoms with Crippen molar-refractivity contribution in [3.63, 3.8) is 0 Å². The van der Waals surface area contributed by atoms with Crippen molar-refractivity contribution in [3.8, 4) is 0 Å². The number of halogens is 4. The number of hydrogen-bond acceptors (Lipinski definition) is 5. The van der Waals surface area contributed by atoms with Crippen LogP contribution in [0.5, 0.6) is 0 Å². The molecule has 0 bridgehead atoms. The number of anilines is 2. The first-order chi connectivity index (χ1) is 14.1. The van der Waals surface area contributed by atoms with Gasteiger partial charge in [-0.3, -0.25) is 4.79 Å². The van der Waals surface area contributed by atoms with Crippen LogP contribution >= 0.6 is 23.4 Å². The molecule has 1 fully saturated rings. The van der Waals surface area contributed by atoms with E-state index in [9.17, 15) is 18.0 Å².